The van der Waals surface area contributed by atoms with Crippen LogP contribution >= 0.6 is 0 Å². The molecule has 0 fully saturated rings. The van der Waals surface area contributed by atoms with Gasteiger partial charge in [0.05, 0.1) is 0 Å². The van der Waals surface area contributed by atoms with E-state index in [0.717, 1.165) is 0 Å². The first-order valence-corrected chi connectivity index (χ1v) is 4.83. The predicted molar refractivity (Wildman–Crippen MR) is 37.4 cm³/mol. The third kappa shape index (κ3) is 4.20. The van der Waals surface area contributed by atoms with Crippen LogP contribution in [0.15, 0.2) is 0 Å². The summed E-state index contributed by atoms with van der Waals surface area (Å²) in [7, 11) is -5.73. The molecule has 86 valence electrons. The normalized spacial score (nSPS) is 15.5. The second-order valence-electron chi connectivity index (χ2n) is 2.05. The van der Waals surface area contributed by atoms with Crippen molar-refractivity contribution in [3.63, 3.8) is 0 Å². The number of halogens is 4. The molecule has 0 aliphatic heterocycles. The molecule has 4 nitrogen and oxygen atoms in total. The minimum Gasteiger partial charge on any atom is -0.347 e. The number of hydrogen-bond acceptors (Lipinski definition) is 4. The molecule has 0 saturated heterocycles. The van der Waals surface area contributed by atoms with Crippen molar-refractivity contribution < 1.29 is 34.9 Å². The van der Waals surface area contributed by atoms with Crippen molar-refractivity contribution in [1.29, 1.82) is 0 Å². The molecule has 0 spiro atoms. The maximum absolute atomic E-state index is 12.3. The van der Waals surface area contributed by atoms with Crippen molar-refractivity contribution in [2.75, 3.05) is 13.2 Å². The van der Waals surface area contributed by atoms with E-state index < -0.39 is 28.6 Å². The van der Waals surface area contributed by atoms with Crippen LogP contribution in [-0.2, 0) is 19.0 Å². The van der Waals surface area contributed by atoms with Crippen LogP contribution in [0.5, 0.6) is 0 Å². The van der Waals surface area contributed by atoms with Crippen molar-refractivity contribution in [2.45, 2.75) is 18.8 Å². The van der Waals surface area contributed by atoms with Crippen molar-refractivity contribution >= 4 is 10.1 Å². The van der Waals surface area contributed by atoms with E-state index in [9.17, 15) is 26.0 Å². The summed E-state index contributed by atoms with van der Waals surface area (Å²) >= 11 is 0. The molecule has 0 aromatic carbocycles. The van der Waals surface area contributed by atoms with Crippen molar-refractivity contribution in [3.8, 4) is 0 Å². The fourth-order valence-corrected chi connectivity index (χ4v) is 0.859. The SMILES string of the molecule is CCOC(F)COS(=O)(=O)C(F)(F)F. The smallest absolute Gasteiger partial charge is 0.347 e. The van der Waals surface area contributed by atoms with Gasteiger partial charge in [-0.3, -0.25) is 4.18 Å². The van der Waals surface area contributed by atoms with Gasteiger partial charge in [-0.05, 0) is 6.92 Å². The molecule has 0 N–H and O–H groups in total. The van der Waals surface area contributed by atoms with Gasteiger partial charge in [0, 0.05) is 6.61 Å². The van der Waals surface area contributed by atoms with E-state index in [2.05, 4.69) is 8.92 Å². The average molecular weight is 240 g/mol. The lowest BCUT2D eigenvalue weighted by atomic mass is 10.7. The highest BCUT2D eigenvalue weighted by molar-refractivity contribution is 7.87. The summed E-state index contributed by atoms with van der Waals surface area (Å²) in [6.07, 6.45) is -2.20. The van der Waals surface area contributed by atoms with Gasteiger partial charge in [0.25, 0.3) is 0 Å². The lowest BCUT2D eigenvalue weighted by Crippen LogP contribution is -2.28. The molecular formula is C5H8F4O4S. The Bertz CT molecular complexity index is 259. The van der Waals surface area contributed by atoms with Crippen LogP contribution in [0.2, 0.25) is 0 Å². The third-order valence-electron chi connectivity index (χ3n) is 0.985. The molecule has 0 heterocycles. The Hall–Kier alpha value is -0.410. The lowest BCUT2D eigenvalue weighted by molar-refractivity contribution is -0.0765. The van der Waals surface area contributed by atoms with Crippen LogP contribution < -0.4 is 0 Å². The van der Waals surface area contributed by atoms with Crippen LogP contribution in [0.3, 0.4) is 0 Å². The van der Waals surface area contributed by atoms with E-state index in [4.69, 9.17) is 0 Å². The Morgan fingerprint density at radius 3 is 2.21 bits per heavy atom. The first kappa shape index (κ1) is 13.6. The van der Waals surface area contributed by atoms with E-state index in [1.165, 1.54) is 6.92 Å². The molecule has 14 heavy (non-hydrogen) atoms. The quantitative estimate of drug-likeness (QED) is 0.411. The van der Waals surface area contributed by atoms with E-state index in [1.807, 2.05) is 0 Å². The zero-order chi connectivity index (χ0) is 11.4. The second-order valence-corrected chi connectivity index (χ2v) is 3.66. The largest absolute Gasteiger partial charge is 0.523 e. The summed E-state index contributed by atoms with van der Waals surface area (Å²) in [5.74, 6) is 0. The Morgan fingerprint density at radius 2 is 1.86 bits per heavy atom. The second kappa shape index (κ2) is 4.89. The molecule has 9 heteroatoms. The molecule has 0 rings (SSSR count). The fraction of sp³-hybridized carbons (Fsp3) is 1.00. The monoisotopic (exact) mass is 240 g/mol. The van der Waals surface area contributed by atoms with Gasteiger partial charge in [0.2, 0.25) is 6.36 Å². The third-order valence-corrected chi connectivity index (χ3v) is 2.00. The van der Waals surface area contributed by atoms with Gasteiger partial charge in [0.1, 0.15) is 6.61 Å². The van der Waals surface area contributed by atoms with E-state index >= 15 is 0 Å². The molecule has 1 unspecified atom stereocenters. The maximum Gasteiger partial charge on any atom is 0.523 e. The van der Waals surface area contributed by atoms with Gasteiger partial charge in [-0.1, -0.05) is 0 Å². The number of rotatable bonds is 5. The lowest BCUT2D eigenvalue weighted by Gasteiger charge is -2.10. The van der Waals surface area contributed by atoms with Crippen molar-refractivity contribution in [2.24, 2.45) is 0 Å². The highest BCUT2D eigenvalue weighted by atomic mass is 32.2. The zero-order valence-electron chi connectivity index (χ0n) is 7.04. The van der Waals surface area contributed by atoms with E-state index in [-0.39, 0.29) is 6.61 Å². The van der Waals surface area contributed by atoms with Gasteiger partial charge >= 0.3 is 15.6 Å². The molecule has 0 aliphatic carbocycles. The minimum absolute atomic E-state index is 0.101. The van der Waals surface area contributed by atoms with Gasteiger partial charge in [-0.2, -0.15) is 21.6 Å². The van der Waals surface area contributed by atoms with E-state index in [1.54, 1.807) is 0 Å². The van der Waals surface area contributed by atoms with Gasteiger partial charge in [-0.15, -0.1) is 0 Å². The number of ether oxygens (including phenoxy) is 1. The fourth-order valence-electron chi connectivity index (χ4n) is 0.439. The summed E-state index contributed by atoms with van der Waals surface area (Å²) in [5.41, 5.74) is -5.54. The Morgan fingerprint density at radius 1 is 1.36 bits per heavy atom. The van der Waals surface area contributed by atoms with Crippen LogP contribution in [0, 0.1) is 0 Å². The average Bonchev–Trinajstić information content (AvgIpc) is 1.99. The molecule has 0 bridgehead atoms. The number of alkyl halides is 4. The van der Waals surface area contributed by atoms with E-state index in [0.29, 0.717) is 0 Å². The number of hydrogen-bond donors (Lipinski definition) is 0. The zero-order valence-corrected chi connectivity index (χ0v) is 7.86. The molecule has 1 atom stereocenters. The summed E-state index contributed by atoms with van der Waals surface area (Å²) in [4.78, 5) is 0. The topological polar surface area (TPSA) is 52.6 Å². The summed E-state index contributed by atoms with van der Waals surface area (Å²) in [5, 5.41) is 0. The molecule has 0 aromatic rings. The molecule has 0 amide bonds. The van der Waals surface area contributed by atoms with Gasteiger partial charge in [0.15, 0.2) is 0 Å². The van der Waals surface area contributed by atoms with Crippen LogP contribution in [0.4, 0.5) is 17.6 Å². The highest BCUT2D eigenvalue weighted by Crippen LogP contribution is 2.24. The Kier molecular flexibility index (Phi) is 4.75. The molecule has 0 aromatic heterocycles. The molecular weight excluding hydrogens is 232 g/mol. The molecule has 0 radical (unpaired) electrons. The minimum atomic E-state index is -5.73. The Balaban J connectivity index is 4.14. The van der Waals surface area contributed by atoms with Gasteiger partial charge in [-0.25, -0.2) is 4.39 Å². The van der Waals surface area contributed by atoms with Crippen LogP contribution in [0.1, 0.15) is 6.92 Å². The maximum atomic E-state index is 12.3. The van der Waals surface area contributed by atoms with Crippen molar-refractivity contribution in [3.05, 3.63) is 0 Å². The van der Waals surface area contributed by atoms with Crippen LogP contribution in [0.25, 0.3) is 0 Å². The molecule has 0 aliphatic rings. The standard InChI is InChI=1S/C5H8F4O4S/c1-2-12-4(6)3-13-14(10,11)5(7,8)9/h4H,2-3H2,1H3. The van der Waals surface area contributed by atoms with Gasteiger partial charge < -0.3 is 4.74 Å². The summed E-state index contributed by atoms with van der Waals surface area (Å²) in [6.45, 7) is -0.0168. The first-order valence-electron chi connectivity index (χ1n) is 3.42. The predicted octanol–water partition coefficient (Wildman–Crippen LogP) is 1.18. The van der Waals surface area contributed by atoms with Crippen molar-refractivity contribution in [1.82, 2.24) is 0 Å². The van der Waals surface area contributed by atoms with Crippen LogP contribution in [-0.4, -0.2) is 33.5 Å². The summed E-state index contributed by atoms with van der Waals surface area (Å²) < 4.78 is 75.0. The first-order chi connectivity index (χ1) is 6.20. The summed E-state index contributed by atoms with van der Waals surface area (Å²) in [6, 6.07) is 0. The molecule has 0 saturated carbocycles. The highest BCUT2D eigenvalue weighted by Gasteiger charge is 2.47. The Labute approximate surface area is 77.9 Å².